The summed E-state index contributed by atoms with van der Waals surface area (Å²) in [6.07, 6.45) is 3.14. The van der Waals surface area contributed by atoms with Gasteiger partial charge in [0, 0.05) is 32.6 Å². The van der Waals surface area contributed by atoms with Crippen LogP contribution in [0.3, 0.4) is 0 Å². The van der Waals surface area contributed by atoms with Crippen LogP contribution in [0.25, 0.3) is 0 Å². The Balaban J connectivity index is 1.59. The van der Waals surface area contributed by atoms with Crippen molar-refractivity contribution in [1.29, 1.82) is 0 Å². The van der Waals surface area contributed by atoms with Crippen LogP contribution in [0.1, 0.15) is 32.6 Å². The Morgan fingerprint density at radius 3 is 2.67 bits per heavy atom. The molecule has 3 fully saturated rings. The van der Waals surface area contributed by atoms with Crippen LogP contribution in [-0.4, -0.2) is 58.9 Å². The van der Waals surface area contributed by atoms with Crippen LogP contribution in [0.4, 0.5) is 0 Å². The molecule has 21 heavy (non-hydrogen) atoms. The molecule has 2 heterocycles. The number of likely N-dealkylation sites (tertiary alicyclic amines) is 2. The fourth-order valence-corrected chi connectivity index (χ4v) is 3.31. The minimum absolute atomic E-state index is 0.0494. The lowest BCUT2D eigenvalue weighted by molar-refractivity contribution is -0.147. The van der Waals surface area contributed by atoms with E-state index in [1.807, 2.05) is 4.90 Å². The van der Waals surface area contributed by atoms with E-state index >= 15 is 0 Å². The summed E-state index contributed by atoms with van der Waals surface area (Å²) < 4.78 is 0. The van der Waals surface area contributed by atoms with Gasteiger partial charge < -0.3 is 14.9 Å². The zero-order valence-electron chi connectivity index (χ0n) is 12.4. The highest BCUT2D eigenvalue weighted by Crippen LogP contribution is 2.34. The molecule has 1 aliphatic carbocycles. The Hall–Kier alpha value is -1.59. The number of hydrogen-bond donors (Lipinski definition) is 1. The summed E-state index contributed by atoms with van der Waals surface area (Å²) >= 11 is 0. The second-order valence-electron chi connectivity index (χ2n) is 7.02. The molecule has 6 heteroatoms. The molecule has 116 valence electrons. The monoisotopic (exact) mass is 294 g/mol. The normalized spacial score (nSPS) is 32.8. The van der Waals surface area contributed by atoms with Gasteiger partial charge in [0.05, 0.1) is 11.3 Å². The smallest absolute Gasteiger partial charge is 0.311 e. The first-order chi connectivity index (χ1) is 9.89. The summed E-state index contributed by atoms with van der Waals surface area (Å²) in [6.45, 7) is 3.72. The van der Waals surface area contributed by atoms with Gasteiger partial charge in [-0.3, -0.25) is 14.4 Å². The fourth-order valence-electron chi connectivity index (χ4n) is 3.31. The van der Waals surface area contributed by atoms with Crippen LogP contribution in [-0.2, 0) is 14.4 Å². The third kappa shape index (κ3) is 2.76. The number of carbonyl (C=O) groups is 3. The standard InChI is InChI=1S/C15H22N2O4/c1-15(14(20)21)4-5-16(9-15)13(19)11-6-12(18)17(8-11)7-10-2-3-10/h10-11H,2-9H2,1H3,(H,20,21). The highest BCUT2D eigenvalue weighted by Gasteiger charge is 2.45. The van der Waals surface area contributed by atoms with Crippen molar-refractivity contribution in [3.05, 3.63) is 0 Å². The molecular formula is C15H22N2O4. The molecule has 2 amide bonds. The van der Waals surface area contributed by atoms with Gasteiger partial charge in [-0.05, 0) is 32.1 Å². The summed E-state index contributed by atoms with van der Waals surface area (Å²) in [7, 11) is 0. The number of hydrogen-bond acceptors (Lipinski definition) is 3. The summed E-state index contributed by atoms with van der Waals surface area (Å²) in [4.78, 5) is 39.2. The predicted octanol–water partition coefficient (Wildman–Crippen LogP) is 0.568. The molecule has 0 aromatic rings. The van der Waals surface area contributed by atoms with E-state index in [1.165, 1.54) is 12.8 Å². The van der Waals surface area contributed by atoms with Gasteiger partial charge in [0.25, 0.3) is 0 Å². The lowest BCUT2D eigenvalue weighted by Crippen LogP contribution is -2.39. The van der Waals surface area contributed by atoms with Gasteiger partial charge in [-0.25, -0.2) is 0 Å². The van der Waals surface area contributed by atoms with Gasteiger partial charge in [-0.15, -0.1) is 0 Å². The average Bonchev–Trinajstić information content (AvgIpc) is 3.04. The van der Waals surface area contributed by atoms with E-state index in [2.05, 4.69) is 0 Å². The first-order valence-electron chi connectivity index (χ1n) is 7.69. The molecule has 0 radical (unpaired) electrons. The van der Waals surface area contributed by atoms with Gasteiger partial charge >= 0.3 is 5.97 Å². The molecule has 2 unspecified atom stereocenters. The van der Waals surface area contributed by atoms with E-state index in [0.717, 1.165) is 6.54 Å². The second kappa shape index (κ2) is 5.00. The average molecular weight is 294 g/mol. The number of carbonyl (C=O) groups excluding carboxylic acids is 2. The van der Waals surface area contributed by atoms with Crippen molar-refractivity contribution in [1.82, 2.24) is 9.80 Å². The largest absolute Gasteiger partial charge is 0.481 e. The van der Waals surface area contributed by atoms with Crippen LogP contribution < -0.4 is 0 Å². The first kappa shape index (κ1) is 14.4. The van der Waals surface area contributed by atoms with Gasteiger partial charge in [0.2, 0.25) is 11.8 Å². The van der Waals surface area contributed by atoms with E-state index in [-0.39, 0.29) is 30.7 Å². The molecular weight excluding hydrogens is 272 g/mol. The summed E-state index contributed by atoms with van der Waals surface area (Å²) in [5.74, 6) is -0.486. The summed E-state index contributed by atoms with van der Waals surface area (Å²) in [5, 5.41) is 9.23. The van der Waals surface area contributed by atoms with Crippen molar-refractivity contribution in [3.8, 4) is 0 Å². The van der Waals surface area contributed by atoms with E-state index in [4.69, 9.17) is 0 Å². The van der Waals surface area contributed by atoms with Crippen molar-refractivity contribution in [2.75, 3.05) is 26.2 Å². The maximum Gasteiger partial charge on any atom is 0.311 e. The number of carboxylic acids is 1. The first-order valence-corrected chi connectivity index (χ1v) is 7.69. The van der Waals surface area contributed by atoms with Crippen molar-refractivity contribution in [2.45, 2.75) is 32.6 Å². The number of aliphatic carboxylic acids is 1. The maximum absolute atomic E-state index is 12.5. The van der Waals surface area contributed by atoms with E-state index in [1.54, 1.807) is 11.8 Å². The highest BCUT2D eigenvalue weighted by molar-refractivity contribution is 5.90. The van der Waals surface area contributed by atoms with E-state index < -0.39 is 11.4 Å². The molecule has 2 atom stereocenters. The molecule has 0 aromatic carbocycles. The van der Waals surface area contributed by atoms with E-state index in [9.17, 15) is 19.5 Å². The van der Waals surface area contributed by atoms with Crippen molar-refractivity contribution < 1.29 is 19.5 Å². The van der Waals surface area contributed by atoms with Crippen molar-refractivity contribution >= 4 is 17.8 Å². The fraction of sp³-hybridized carbons (Fsp3) is 0.800. The molecule has 2 aliphatic heterocycles. The molecule has 0 spiro atoms. The Bertz CT molecular complexity index is 488. The van der Waals surface area contributed by atoms with Crippen LogP contribution in [0.15, 0.2) is 0 Å². The van der Waals surface area contributed by atoms with Crippen LogP contribution in [0, 0.1) is 17.3 Å². The molecule has 1 N–H and O–H groups in total. The molecule has 3 aliphatic rings. The van der Waals surface area contributed by atoms with E-state index in [0.29, 0.717) is 25.4 Å². The number of amides is 2. The topological polar surface area (TPSA) is 77.9 Å². The maximum atomic E-state index is 12.5. The quantitative estimate of drug-likeness (QED) is 0.822. The second-order valence-corrected chi connectivity index (χ2v) is 7.02. The molecule has 0 bridgehead atoms. The Kier molecular flexibility index (Phi) is 3.42. The minimum atomic E-state index is -0.851. The third-order valence-electron chi connectivity index (χ3n) is 5.04. The zero-order valence-corrected chi connectivity index (χ0v) is 12.4. The van der Waals surface area contributed by atoms with Gasteiger partial charge in [-0.2, -0.15) is 0 Å². The van der Waals surface area contributed by atoms with Gasteiger partial charge in [-0.1, -0.05) is 0 Å². The number of carboxylic acid groups (broad SMARTS) is 1. The minimum Gasteiger partial charge on any atom is -0.481 e. The van der Waals surface area contributed by atoms with Crippen LogP contribution >= 0.6 is 0 Å². The van der Waals surface area contributed by atoms with Crippen molar-refractivity contribution in [2.24, 2.45) is 17.3 Å². The molecule has 2 saturated heterocycles. The molecule has 1 saturated carbocycles. The lowest BCUT2D eigenvalue weighted by atomic mass is 9.90. The van der Waals surface area contributed by atoms with Gasteiger partial charge in [0.15, 0.2) is 0 Å². The van der Waals surface area contributed by atoms with Crippen molar-refractivity contribution in [3.63, 3.8) is 0 Å². The van der Waals surface area contributed by atoms with Crippen LogP contribution in [0.2, 0.25) is 0 Å². The highest BCUT2D eigenvalue weighted by atomic mass is 16.4. The SMILES string of the molecule is CC1(C(=O)O)CCN(C(=O)C2CC(=O)N(CC3CC3)C2)C1. The number of nitrogens with zero attached hydrogens (tertiary/aromatic N) is 2. The van der Waals surface area contributed by atoms with Gasteiger partial charge in [0.1, 0.15) is 0 Å². The summed E-state index contributed by atoms with van der Waals surface area (Å²) in [6, 6.07) is 0. The lowest BCUT2D eigenvalue weighted by Gasteiger charge is -2.23. The zero-order chi connectivity index (χ0) is 15.2. The number of rotatable bonds is 4. The molecule has 0 aromatic heterocycles. The predicted molar refractivity (Wildman–Crippen MR) is 74.4 cm³/mol. The summed E-state index contributed by atoms with van der Waals surface area (Å²) in [5.41, 5.74) is -0.841. The molecule has 6 nitrogen and oxygen atoms in total. The Morgan fingerprint density at radius 1 is 1.38 bits per heavy atom. The Morgan fingerprint density at radius 2 is 2.10 bits per heavy atom. The van der Waals surface area contributed by atoms with Crippen LogP contribution in [0.5, 0.6) is 0 Å². The third-order valence-corrected chi connectivity index (χ3v) is 5.04. The molecule has 3 rings (SSSR count). The Labute approximate surface area is 124 Å².